The lowest BCUT2D eigenvalue weighted by molar-refractivity contribution is 0.283. The van der Waals surface area contributed by atoms with Crippen molar-refractivity contribution in [3.05, 3.63) is 63.1 Å². The van der Waals surface area contributed by atoms with E-state index in [-0.39, 0.29) is 6.04 Å². The molecule has 3 rings (SSSR count). The summed E-state index contributed by atoms with van der Waals surface area (Å²) in [7, 11) is 0. The fourth-order valence-corrected chi connectivity index (χ4v) is 3.29. The second kappa shape index (κ2) is 6.24. The Morgan fingerprint density at radius 3 is 2.62 bits per heavy atom. The maximum atomic E-state index is 6.10. The van der Waals surface area contributed by atoms with Crippen LogP contribution in [0.3, 0.4) is 0 Å². The van der Waals surface area contributed by atoms with Gasteiger partial charge in [0.2, 0.25) is 0 Å². The fourth-order valence-electron chi connectivity index (χ4n) is 2.75. The van der Waals surface area contributed by atoms with E-state index < -0.39 is 0 Å². The number of nitrogens with one attached hydrogen (secondary N) is 1. The lowest BCUT2D eigenvalue weighted by Gasteiger charge is -2.25. The topological polar surface area (TPSA) is 47.3 Å². The molecular weight excluding hydrogens is 307 g/mol. The van der Waals surface area contributed by atoms with E-state index in [2.05, 4.69) is 11.5 Å². The van der Waals surface area contributed by atoms with Crippen LogP contribution in [-0.4, -0.2) is 6.61 Å². The molecule has 3 N–H and O–H groups in total. The maximum absolute atomic E-state index is 6.10. The molecule has 0 aliphatic carbocycles. The molecular formula is C16H16Cl2N2O. The summed E-state index contributed by atoms with van der Waals surface area (Å²) in [6.07, 6.45) is 2.07. The summed E-state index contributed by atoms with van der Waals surface area (Å²) >= 11 is 12.2. The highest BCUT2D eigenvalue weighted by Crippen LogP contribution is 2.36. The van der Waals surface area contributed by atoms with Crippen LogP contribution in [0.25, 0.3) is 0 Å². The van der Waals surface area contributed by atoms with Gasteiger partial charge in [0.25, 0.3) is 0 Å². The molecule has 1 unspecified atom stereocenters. The number of hydrogen-bond acceptors (Lipinski definition) is 3. The average molecular weight is 323 g/mol. The SMILES string of the molecule is NNC(c1cc(Cl)cc(Cl)c1)c1cccc2c1OCCC2. The number of halogens is 2. The molecule has 110 valence electrons. The van der Waals surface area contributed by atoms with Crippen LogP contribution in [0, 0.1) is 0 Å². The molecule has 5 heteroatoms. The van der Waals surface area contributed by atoms with Gasteiger partial charge in [0.05, 0.1) is 12.6 Å². The molecule has 2 aromatic rings. The van der Waals surface area contributed by atoms with E-state index in [1.54, 1.807) is 6.07 Å². The quantitative estimate of drug-likeness (QED) is 0.666. The van der Waals surface area contributed by atoms with Crippen LogP contribution in [-0.2, 0) is 6.42 Å². The fraction of sp³-hybridized carbons (Fsp3) is 0.250. The molecule has 1 aliphatic rings. The van der Waals surface area contributed by atoms with Crippen LogP contribution in [0.1, 0.15) is 29.2 Å². The zero-order valence-corrected chi connectivity index (χ0v) is 12.9. The second-order valence-electron chi connectivity index (χ2n) is 5.09. The Kier molecular flexibility index (Phi) is 4.36. The third kappa shape index (κ3) is 3.01. The summed E-state index contributed by atoms with van der Waals surface area (Å²) in [5, 5.41) is 1.17. The van der Waals surface area contributed by atoms with Crippen LogP contribution in [0.15, 0.2) is 36.4 Å². The van der Waals surface area contributed by atoms with Crippen molar-refractivity contribution in [2.45, 2.75) is 18.9 Å². The highest BCUT2D eigenvalue weighted by molar-refractivity contribution is 6.34. The Hall–Kier alpha value is -1.26. The van der Waals surface area contributed by atoms with E-state index in [4.69, 9.17) is 33.8 Å². The van der Waals surface area contributed by atoms with Gasteiger partial charge in [-0.1, -0.05) is 41.4 Å². The van der Waals surface area contributed by atoms with E-state index in [0.717, 1.165) is 36.3 Å². The van der Waals surface area contributed by atoms with Crippen molar-refractivity contribution >= 4 is 23.2 Å². The van der Waals surface area contributed by atoms with Crippen LogP contribution >= 0.6 is 23.2 Å². The van der Waals surface area contributed by atoms with Gasteiger partial charge < -0.3 is 4.74 Å². The standard InChI is InChI=1S/C16H16Cl2N2O/c17-12-7-11(8-13(18)9-12)15(20-19)14-5-1-3-10-4-2-6-21-16(10)14/h1,3,5,7-9,15,20H,2,4,6,19H2. The Morgan fingerprint density at radius 2 is 1.90 bits per heavy atom. The van der Waals surface area contributed by atoms with Crippen molar-refractivity contribution in [2.24, 2.45) is 5.84 Å². The van der Waals surface area contributed by atoms with Crippen LogP contribution in [0.2, 0.25) is 10.0 Å². The van der Waals surface area contributed by atoms with Crippen LogP contribution in [0.4, 0.5) is 0 Å². The van der Waals surface area contributed by atoms with Crippen molar-refractivity contribution in [1.29, 1.82) is 0 Å². The average Bonchev–Trinajstić information content (AvgIpc) is 2.47. The number of ether oxygens (including phenoxy) is 1. The van der Waals surface area contributed by atoms with Gasteiger partial charge in [0, 0.05) is 15.6 Å². The van der Waals surface area contributed by atoms with Gasteiger partial charge in [0.1, 0.15) is 5.75 Å². The first-order valence-corrected chi connectivity index (χ1v) is 7.61. The molecule has 21 heavy (non-hydrogen) atoms. The van der Waals surface area contributed by atoms with E-state index in [0.29, 0.717) is 10.0 Å². The minimum absolute atomic E-state index is 0.214. The van der Waals surface area contributed by atoms with E-state index in [1.807, 2.05) is 24.3 Å². The number of hydrogen-bond donors (Lipinski definition) is 2. The summed E-state index contributed by atoms with van der Waals surface area (Å²) in [4.78, 5) is 0. The molecule has 1 heterocycles. The number of benzene rings is 2. The molecule has 1 atom stereocenters. The van der Waals surface area contributed by atoms with Crippen molar-refractivity contribution in [2.75, 3.05) is 6.61 Å². The summed E-state index contributed by atoms with van der Waals surface area (Å²) in [5.74, 6) is 6.70. The molecule has 0 saturated carbocycles. The lowest BCUT2D eigenvalue weighted by atomic mass is 9.94. The molecule has 3 nitrogen and oxygen atoms in total. The molecule has 0 fully saturated rings. The zero-order chi connectivity index (χ0) is 14.8. The third-order valence-corrected chi connectivity index (χ3v) is 4.10. The number of rotatable bonds is 3. The monoisotopic (exact) mass is 322 g/mol. The minimum atomic E-state index is -0.214. The van der Waals surface area contributed by atoms with Crippen molar-refractivity contribution in [3.63, 3.8) is 0 Å². The molecule has 0 aromatic heterocycles. The van der Waals surface area contributed by atoms with Gasteiger partial charge >= 0.3 is 0 Å². The number of nitrogens with two attached hydrogens (primary N) is 1. The van der Waals surface area contributed by atoms with E-state index >= 15 is 0 Å². The molecule has 0 bridgehead atoms. The lowest BCUT2D eigenvalue weighted by Crippen LogP contribution is -2.29. The Labute approximate surface area is 134 Å². The number of hydrazine groups is 1. The van der Waals surface area contributed by atoms with Crippen LogP contribution < -0.4 is 16.0 Å². The molecule has 0 spiro atoms. The van der Waals surface area contributed by atoms with Gasteiger partial charge in [-0.3, -0.25) is 5.84 Å². The van der Waals surface area contributed by atoms with Gasteiger partial charge in [-0.05, 0) is 42.2 Å². The normalized spacial score (nSPS) is 15.2. The molecule has 0 saturated heterocycles. The zero-order valence-electron chi connectivity index (χ0n) is 11.4. The molecule has 1 aliphatic heterocycles. The van der Waals surface area contributed by atoms with Crippen molar-refractivity contribution in [3.8, 4) is 5.75 Å². The largest absolute Gasteiger partial charge is 0.493 e. The number of aryl methyl sites for hydroxylation is 1. The predicted octanol–water partition coefficient (Wildman–Crippen LogP) is 3.87. The number of para-hydroxylation sites is 1. The second-order valence-corrected chi connectivity index (χ2v) is 5.96. The van der Waals surface area contributed by atoms with Crippen molar-refractivity contribution in [1.82, 2.24) is 5.43 Å². The summed E-state index contributed by atoms with van der Waals surface area (Å²) in [6, 6.07) is 11.4. The molecule has 2 aromatic carbocycles. The molecule has 0 amide bonds. The third-order valence-electron chi connectivity index (χ3n) is 3.66. The smallest absolute Gasteiger partial charge is 0.127 e. The Bertz CT molecular complexity index is 640. The van der Waals surface area contributed by atoms with Gasteiger partial charge in [-0.2, -0.15) is 0 Å². The Morgan fingerprint density at radius 1 is 1.14 bits per heavy atom. The number of fused-ring (bicyclic) bond motifs is 1. The first kappa shape index (κ1) is 14.7. The summed E-state index contributed by atoms with van der Waals surface area (Å²) in [5.41, 5.74) is 5.98. The Balaban J connectivity index is 2.08. The van der Waals surface area contributed by atoms with E-state index in [1.165, 1.54) is 5.56 Å². The molecule has 0 radical (unpaired) electrons. The summed E-state index contributed by atoms with van der Waals surface area (Å²) < 4.78 is 5.86. The predicted molar refractivity (Wildman–Crippen MR) is 85.9 cm³/mol. The van der Waals surface area contributed by atoms with Gasteiger partial charge in [-0.15, -0.1) is 0 Å². The van der Waals surface area contributed by atoms with Gasteiger partial charge in [0.15, 0.2) is 0 Å². The first-order chi connectivity index (χ1) is 10.2. The minimum Gasteiger partial charge on any atom is -0.493 e. The summed E-state index contributed by atoms with van der Waals surface area (Å²) in [6.45, 7) is 0.734. The maximum Gasteiger partial charge on any atom is 0.127 e. The van der Waals surface area contributed by atoms with Crippen molar-refractivity contribution < 1.29 is 4.74 Å². The first-order valence-electron chi connectivity index (χ1n) is 6.86. The van der Waals surface area contributed by atoms with Gasteiger partial charge in [-0.25, -0.2) is 5.43 Å². The van der Waals surface area contributed by atoms with Crippen LogP contribution in [0.5, 0.6) is 5.75 Å². The highest BCUT2D eigenvalue weighted by Gasteiger charge is 2.22. The highest BCUT2D eigenvalue weighted by atomic mass is 35.5. The van der Waals surface area contributed by atoms with E-state index in [9.17, 15) is 0 Å².